The van der Waals surface area contributed by atoms with Crippen LogP contribution in [0.1, 0.15) is 70.8 Å². The van der Waals surface area contributed by atoms with Gasteiger partial charge in [-0.15, -0.1) is 0 Å². The molecule has 1 aromatic rings. The number of hydrogen-bond acceptors (Lipinski definition) is 6. The predicted molar refractivity (Wildman–Crippen MR) is 134 cm³/mol. The van der Waals surface area contributed by atoms with Gasteiger partial charge in [0.15, 0.2) is 11.5 Å². The third kappa shape index (κ3) is 6.88. The van der Waals surface area contributed by atoms with E-state index in [1.807, 2.05) is 30.0 Å². The molecule has 4 unspecified atom stereocenters. The van der Waals surface area contributed by atoms with Crippen LogP contribution in [0.4, 0.5) is 0 Å². The fraction of sp³-hybridized carbons (Fsp3) is 0.704. The largest absolute Gasteiger partial charge is 0.481 e. The first-order chi connectivity index (χ1) is 16.9. The van der Waals surface area contributed by atoms with E-state index < -0.39 is 11.9 Å². The van der Waals surface area contributed by atoms with Crippen molar-refractivity contribution in [2.45, 2.75) is 77.4 Å². The Kier molecular flexibility index (Phi) is 10.2. The minimum Gasteiger partial charge on any atom is -0.481 e. The molecule has 0 spiro atoms. The molecular formula is C27H42N2O6. The molecule has 2 aliphatic heterocycles. The van der Waals surface area contributed by atoms with Gasteiger partial charge < -0.3 is 24.2 Å². The van der Waals surface area contributed by atoms with Crippen LogP contribution in [0.5, 0.6) is 11.5 Å². The van der Waals surface area contributed by atoms with Crippen molar-refractivity contribution in [1.82, 2.24) is 9.80 Å². The summed E-state index contributed by atoms with van der Waals surface area (Å²) in [6, 6.07) is 5.44. The monoisotopic (exact) mass is 490 g/mol. The van der Waals surface area contributed by atoms with E-state index in [2.05, 4.69) is 18.7 Å². The molecule has 1 amide bonds. The highest BCUT2D eigenvalue weighted by molar-refractivity contribution is 5.79. The van der Waals surface area contributed by atoms with E-state index in [0.717, 1.165) is 50.8 Å². The Bertz CT molecular complexity index is 839. The number of amides is 1. The third-order valence-corrected chi connectivity index (χ3v) is 7.38. The lowest BCUT2D eigenvalue weighted by Crippen LogP contribution is -2.45. The maximum Gasteiger partial charge on any atom is 0.308 e. The van der Waals surface area contributed by atoms with Gasteiger partial charge in [-0.1, -0.05) is 32.8 Å². The van der Waals surface area contributed by atoms with E-state index >= 15 is 0 Å². The van der Waals surface area contributed by atoms with Gasteiger partial charge in [0, 0.05) is 38.7 Å². The number of rotatable bonds is 14. The minimum atomic E-state index is -0.827. The molecule has 0 aromatic heterocycles. The number of carbonyl (C=O) groups excluding carboxylic acids is 1. The molecule has 0 saturated carbocycles. The molecule has 1 fully saturated rings. The van der Waals surface area contributed by atoms with E-state index in [-0.39, 0.29) is 37.3 Å². The van der Waals surface area contributed by atoms with Crippen LogP contribution < -0.4 is 9.47 Å². The Labute approximate surface area is 209 Å². The number of unbranched alkanes of at least 4 members (excludes halogenated alkanes) is 2. The summed E-state index contributed by atoms with van der Waals surface area (Å²) in [5, 5.41) is 10.3. The molecule has 2 heterocycles. The fourth-order valence-corrected chi connectivity index (χ4v) is 5.19. The van der Waals surface area contributed by atoms with Gasteiger partial charge in [0.05, 0.1) is 18.6 Å². The number of aliphatic carboxylic acids is 1. The van der Waals surface area contributed by atoms with Gasteiger partial charge in [0.25, 0.3) is 0 Å². The Balaban J connectivity index is 1.85. The van der Waals surface area contributed by atoms with Gasteiger partial charge in [-0.05, 0) is 50.3 Å². The summed E-state index contributed by atoms with van der Waals surface area (Å²) in [7, 11) is 1.67. The topological polar surface area (TPSA) is 88.5 Å². The number of likely N-dealkylation sites (tertiary alicyclic amines) is 1. The second kappa shape index (κ2) is 13.1. The quantitative estimate of drug-likeness (QED) is 0.419. The van der Waals surface area contributed by atoms with Crippen LogP contribution >= 0.6 is 0 Å². The Morgan fingerprint density at radius 1 is 1.17 bits per heavy atom. The highest BCUT2D eigenvalue weighted by atomic mass is 16.7. The molecule has 4 atom stereocenters. The molecule has 8 nitrogen and oxygen atoms in total. The summed E-state index contributed by atoms with van der Waals surface area (Å²) in [5.74, 6) is -0.266. The minimum absolute atomic E-state index is 0.0252. The van der Waals surface area contributed by atoms with Gasteiger partial charge >= 0.3 is 5.97 Å². The lowest BCUT2D eigenvalue weighted by Gasteiger charge is -2.30. The van der Waals surface area contributed by atoms with E-state index in [1.165, 1.54) is 0 Å². The van der Waals surface area contributed by atoms with Gasteiger partial charge in [0.2, 0.25) is 12.7 Å². The number of ether oxygens (including phenoxy) is 3. The zero-order valence-corrected chi connectivity index (χ0v) is 21.7. The third-order valence-electron chi connectivity index (χ3n) is 7.38. The molecule has 0 bridgehead atoms. The molecule has 196 valence electrons. The summed E-state index contributed by atoms with van der Waals surface area (Å²) in [6.07, 6.45) is 5.43. The van der Waals surface area contributed by atoms with Crippen molar-refractivity contribution < 1.29 is 28.9 Å². The van der Waals surface area contributed by atoms with Crippen LogP contribution in [-0.4, -0.2) is 79.0 Å². The number of hydrogen-bond donors (Lipinski definition) is 1. The fourth-order valence-electron chi connectivity index (χ4n) is 5.19. The summed E-state index contributed by atoms with van der Waals surface area (Å²) in [6.45, 7) is 8.69. The number of benzene rings is 1. The summed E-state index contributed by atoms with van der Waals surface area (Å²) in [4.78, 5) is 30.0. The second-order valence-electron chi connectivity index (χ2n) is 9.79. The average Bonchev–Trinajstić information content (AvgIpc) is 3.46. The highest BCUT2D eigenvalue weighted by Gasteiger charge is 2.47. The van der Waals surface area contributed by atoms with Gasteiger partial charge in [-0.3, -0.25) is 14.5 Å². The number of methoxy groups -OCH3 is 1. The standard InChI is InChI=1S/C27H42N2O6/c1-5-7-13-28(14-8-6-2)25(30)17-29-16-21(20-10-12-23-24(15-20)35-18-34-23)26(27(31)32)22(29)11-9-19(3)33-4/h10,12,15,19,21-22,26H,5-9,11,13-14,16-18H2,1-4H3,(H,31,32). The molecule has 0 aliphatic carbocycles. The van der Waals surface area contributed by atoms with Crippen LogP contribution in [0.3, 0.4) is 0 Å². The highest BCUT2D eigenvalue weighted by Crippen LogP contribution is 2.43. The van der Waals surface area contributed by atoms with Crippen LogP contribution in [-0.2, 0) is 14.3 Å². The van der Waals surface area contributed by atoms with Crippen LogP contribution in [0.15, 0.2) is 18.2 Å². The SMILES string of the molecule is CCCCN(CCCC)C(=O)CN1CC(c2ccc3c(c2)OCO3)C(C(=O)O)C1CCC(C)OC. The van der Waals surface area contributed by atoms with Crippen molar-refractivity contribution >= 4 is 11.9 Å². The number of nitrogens with zero attached hydrogens (tertiary/aromatic N) is 2. The maximum absolute atomic E-state index is 13.4. The summed E-state index contributed by atoms with van der Waals surface area (Å²) >= 11 is 0. The molecule has 3 rings (SSSR count). The number of carbonyl (C=O) groups is 2. The predicted octanol–water partition coefficient (Wildman–Crippen LogP) is 4.13. The van der Waals surface area contributed by atoms with E-state index in [1.54, 1.807) is 7.11 Å². The van der Waals surface area contributed by atoms with Crippen LogP contribution in [0.25, 0.3) is 0 Å². The van der Waals surface area contributed by atoms with Crippen molar-refractivity contribution in [3.05, 3.63) is 23.8 Å². The first kappa shape index (κ1) is 27.3. The lowest BCUT2D eigenvalue weighted by atomic mass is 9.83. The smallest absolute Gasteiger partial charge is 0.308 e. The van der Waals surface area contributed by atoms with E-state index in [4.69, 9.17) is 14.2 Å². The molecule has 1 aromatic carbocycles. The summed E-state index contributed by atoms with van der Waals surface area (Å²) < 4.78 is 16.4. The van der Waals surface area contributed by atoms with Gasteiger partial charge in [-0.2, -0.15) is 0 Å². The Hall–Kier alpha value is -2.32. The van der Waals surface area contributed by atoms with Crippen LogP contribution in [0, 0.1) is 5.92 Å². The van der Waals surface area contributed by atoms with Crippen molar-refractivity contribution in [1.29, 1.82) is 0 Å². The first-order valence-electron chi connectivity index (χ1n) is 13.1. The van der Waals surface area contributed by atoms with E-state index in [9.17, 15) is 14.7 Å². The van der Waals surface area contributed by atoms with Gasteiger partial charge in [-0.25, -0.2) is 0 Å². The molecule has 0 radical (unpaired) electrons. The zero-order chi connectivity index (χ0) is 25.4. The zero-order valence-electron chi connectivity index (χ0n) is 21.7. The normalized spacial score (nSPS) is 22.3. The number of fused-ring (bicyclic) bond motifs is 1. The molecule has 35 heavy (non-hydrogen) atoms. The summed E-state index contributed by atoms with van der Waals surface area (Å²) in [5.41, 5.74) is 0.912. The van der Waals surface area contributed by atoms with Crippen molar-refractivity contribution in [3.8, 4) is 11.5 Å². The van der Waals surface area contributed by atoms with E-state index in [0.29, 0.717) is 24.5 Å². The molecule has 1 saturated heterocycles. The van der Waals surface area contributed by atoms with Crippen LogP contribution in [0.2, 0.25) is 0 Å². The number of carboxylic acids is 1. The molecule has 2 aliphatic rings. The average molecular weight is 491 g/mol. The first-order valence-corrected chi connectivity index (χ1v) is 13.1. The van der Waals surface area contributed by atoms with Crippen molar-refractivity contribution in [2.75, 3.05) is 40.1 Å². The number of carboxylic acid groups (broad SMARTS) is 1. The lowest BCUT2D eigenvalue weighted by molar-refractivity contribution is -0.144. The van der Waals surface area contributed by atoms with Crippen molar-refractivity contribution in [2.24, 2.45) is 5.92 Å². The molecule has 8 heteroatoms. The molecule has 1 N–H and O–H groups in total. The Morgan fingerprint density at radius 2 is 1.86 bits per heavy atom. The Morgan fingerprint density at radius 3 is 2.49 bits per heavy atom. The van der Waals surface area contributed by atoms with Gasteiger partial charge in [0.1, 0.15) is 0 Å². The second-order valence-corrected chi connectivity index (χ2v) is 9.79. The molecular weight excluding hydrogens is 448 g/mol. The maximum atomic E-state index is 13.4. The van der Waals surface area contributed by atoms with Crippen molar-refractivity contribution in [3.63, 3.8) is 0 Å².